The number of urea groups is 1. The molecular weight excluding hydrogens is 262 g/mol. The summed E-state index contributed by atoms with van der Waals surface area (Å²) in [5.41, 5.74) is 0.950. The van der Waals surface area contributed by atoms with Gasteiger partial charge in [0.25, 0.3) is 0 Å². The monoisotopic (exact) mass is 279 g/mol. The van der Waals surface area contributed by atoms with Gasteiger partial charge in [0.15, 0.2) is 0 Å². The highest BCUT2D eigenvalue weighted by Gasteiger charge is 2.09. The van der Waals surface area contributed by atoms with Crippen LogP contribution in [0.4, 0.5) is 4.79 Å². The van der Waals surface area contributed by atoms with Gasteiger partial charge in [-0.05, 0) is 18.6 Å². The maximum atomic E-state index is 11.6. The van der Waals surface area contributed by atoms with Gasteiger partial charge in [-0.15, -0.1) is 11.3 Å². The van der Waals surface area contributed by atoms with Gasteiger partial charge in [0.05, 0.1) is 29.4 Å². The van der Waals surface area contributed by atoms with Crippen LogP contribution in [0, 0.1) is 0 Å². The third kappa shape index (κ3) is 3.65. The average molecular weight is 279 g/mol. The van der Waals surface area contributed by atoms with Crippen molar-refractivity contribution in [2.75, 3.05) is 6.61 Å². The molecule has 102 valence electrons. The normalized spacial score (nSPS) is 12.3. The van der Waals surface area contributed by atoms with Gasteiger partial charge in [-0.2, -0.15) is 0 Å². The fraction of sp³-hybridized carbons (Fsp3) is 0.385. The fourth-order valence-electron chi connectivity index (χ4n) is 1.66. The highest BCUT2D eigenvalue weighted by Crippen LogP contribution is 2.21. The van der Waals surface area contributed by atoms with Crippen LogP contribution in [-0.4, -0.2) is 28.8 Å². The summed E-state index contributed by atoms with van der Waals surface area (Å²) < 4.78 is 1.11. The number of hydrogen-bond acceptors (Lipinski definition) is 4. The topological polar surface area (TPSA) is 74.2 Å². The maximum Gasteiger partial charge on any atom is 0.315 e. The second kappa shape index (κ2) is 6.49. The van der Waals surface area contributed by atoms with Crippen molar-refractivity contribution in [3.05, 3.63) is 29.3 Å². The van der Waals surface area contributed by atoms with Gasteiger partial charge in [-0.3, -0.25) is 0 Å². The van der Waals surface area contributed by atoms with Crippen molar-refractivity contribution in [1.82, 2.24) is 15.6 Å². The van der Waals surface area contributed by atoms with Crippen LogP contribution >= 0.6 is 11.3 Å². The van der Waals surface area contributed by atoms with Gasteiger partial charge in [-0.1, -0.05) is 19.1 Å². The van der Waals surface area contributed by atoms with E-state index in [1.54, 1.807) is 11.3 Å². The Hall–Kier alpha value is -1.66. The lowest BCUT2D eigenvalue weighted by Gasteiger charge is -2.14. The quantitative estimate of drug-likeness (QED) is 0.782. The molecule has 0 saturated carbocycles. The minimum absolute atomic E-state index is 0.0505. The van der Waals surface area contributed by atoms with Crippen molar-refractivity contribution in [2.24, 2.45) is 0 Å². The number of rotatable bonds is 5. The van der Waals surface area contributed by atoms with Crippen molar-refractivity contribution in [3.63, 3.8) is 0 Å². The molecular formula is C13H17N3O2S. The van der Waals surface area contributed by atoms with Crippen molar-refractivity contribution < 1.29 is 9.90 Å². The Balaban J connectivity index is 1.89. The molecule has 6 heteroatoms. The van der Waals surface area contributed by atoms with Crippen LogP contribution in [0.25, 0.3) is 10.2 Å². The average Bonchev–Trinajstić information content (AvgIpc) is 2.85. The van der Waals surface area contributed by atoms with Crippen LogP contribution in [0.3, 0.4) is 0 Å². The van der Waals surface area contributed by atoms with Crippen LogP contribution in [0.2, 0.25) is 0 Å². The van der Waals surface area contributed by atoms with Crippen molar-refractivity contribution >= 4 is 27.6 Å². The van der Waals surface area contributed by atoms with Gasteiger partial charge >= 0.3 is 6.03 Å². The third-order valence-corrected chi connectivity index (χ3v) is 3.82. The maximum absolute atomic E-state index is 11.6. The molecule has 1 unspecified atom stereocenters. The second-order valence-corrected chi connectivity index (χ2v) is 5.31. The zero-order valence-corrected chi connectivity index (χ0v) is 11.5. The number of fused-ring (bicyclic) bond motifs is 1. The molecule has 0 spiro atoms. The molecule has 5 nitrogen and oxygen atoms in total. The molecule has 0 saturated heterocycles. The van der Waals surface area contributed by atoms with Gasteiger partial charge < -0.3 is 15.7 Å². The van der Waals surface area contributed by atoms with E-state index < -0.39 is 0 Å². The smallest absolute Gasteiger partial charge is 0.315 e. The van der Waals surface area contributed by atoms with Crippen molar-refractivity contribution in [2.45, 2.75) is 25.9 Å². The Bertz CT molecular complexity index is 519. The number of nitrogens with zero attached hydrogens (tertiary/aromatic N) is 1. The number of hydrogen-bond donors (Lipinski definition) is 3. The second-order valence-electron chi connectivity index (χ2n) is 4.19. The van der Waals surface area contributed by atoms with Gasteiger partial charge in [-0.25, -0.2) is 9.78 Å². The first-order chi connectivity index (χ1) is 9.22. The SMILES string of the molecule is CCC(CO)NC(=O)NCc1nc2ccccc2s1. The Morgan fingerprint density at radius 3 is 2.95 bits per heavy atom. The molecule has 2 aromatic rings. The molecule has 0 aliphatic rings. The summed E-state index contributed by atoms with van der Waals surface area (Å²) in [4.78, 5) is 16.0. The summed E-state index contributed by atoms with van der Waals surface area (Å²) in [5.74, 6) is 0. The molecule has 0 radical (unpaired) electrons. The number of nitrogens with one attached hydrogen (secondary N) is 2. The van der Waals surface area contributed by atoms with E-state index in [1.165, 1.54) is 0 Å². The van der Waals surface area contributed by atoms with E-state index >= 15 is 0 Å². The van der Waals surface area contributed by atoms with E-state index in [1.807, 2.05) is 31.2 Å². The van der Waals surface area contributed by atoms with E-state index in [9.17, 15) is 4.79 Å². The molecule has 2 amide bonds. The number of aliphatic hydroxyl groups excluding tert-OH is 1. The first-order valence-electron chi connectivity index (χ1n) is 6.22. The molecule has 1 aromatic carbocycles. The Kier molecular flexibility index (Phi) is 4.70. The van der Waals surface area contributed by atoms with Gasteiger partial charge in [0.1, 0.15) is 5.01 Å². The third-order valence-electron chi connectivity index (χ3n) is 2.79. The Labute approximate surface area is 115 Å². The van der Waals surface area contributed by atoms with E-state index in [-0.39, 0.29) is 18.7 Å². The minimum atomic E-state index is -0.278. The summed E-state index contributed by atoms with van der Waals surface area (Å²) in [7, 11) is 0. The Morgan fingerprint density at radius 1 is 1.47 bits per heavy atom. The lowest BCUT2D eigenvalue weighted by molar-refractivity contribution is 0.214. The van der Waals surface area contributed by atoms with Crippen molar-refractivity contribution in [1.29, 1.82) is 0 Å². The number of benzene rings is 1. The minimum Gasteiger partial charge on any atom is -0.394 e. The molecule has 0 aliphatic carbocycles. The highest BCUT2D eigenvalue weighted by molar-refractivity contribution is 7.18. The van der Waals surface area contributed by atoms with Crippen LogP contribution in [-0.2, 0) is 6.54 Å². The summed E-state index contributed by atoms with van der Waals surface area (Å²) >= 11 is 1.57. The highest BCUT2D eigenvalue weighted by atomic mass is 32.1. The van der Waals surface area contributed by atoms with Crippen LogP contribution in [0.1, 0.15) is 18.4 Å². The molecule has 19 heavy (non-hydrogen) atoms. The predicted octanol–water partition coefficient (Wildman–Crippen LogP) is 1.87. The number of aromatic nitrogens is 1. The van der Waals surface area contributed by atoms with Crippen LogP contribution < -0.4 is 10.6 Å². The standard InChI is InChI=1S/C13H17N3O2S/c1-2-9(8-17)15-13(18)14-7-12-16-10-5-3-4-6-11(10)19-12/h3-6,9,17H,2,7-8H2,1H3,(H2,14,15,18). The lowest BCUT2D eigenvalue weighted by Crippen LogP contribution is -2.43. The lowest BCUT2D eigenvalue weighted by atomic mass is 10.2. The van der Waals surface area contributed by atoms with Crippen LogP contribution in [0.5, 0.6) is 0 Å². The number of aliphatic hydroxyl groups is 1. The number of amides is 2. The summed E-state index contributed by atoms with van der Waals surface area (Å²) in [6.07, 6.45) is 0.699. The molecule has 0 bridgehead atoms. The number of carbonyl (C=O) groups is 1. The zero-order chi connectivity index (χ0) is 13.7. The number of para-hydroxylation sites is 1. The summed E-state index contributed by atoms with van der Waals surface area (Å²) in [6.45, 7) is 2.26. The fourth-order valence-corrected chi connectivity index (χ4v) is 2.57. The molecule has 1 aromatic heterocycles. The largest absolute Gasteiger partial charge is 0.394 e. The number of carbonyl (C=O) groups excluding carboxylic acids is 1. The summed E-state index contributed by atoms with van der Waals surface area (Å²) in [6, 6.07) is 7.40. The summed E-state index contributed by atoms with van der Waals surface area (Å²) in [5, 5.41) is 15.3. The van der Waals surface area contributed by atoms with E-state index in [4.69, 9.17) is 5.11 Å². The molecule has 3 N–H and O–H groups in total. The van der Waals surface area contributed by atoms with Crippen molar-refractivity contribution in [3.8, 4) is 0 Å². The van der Waals surface area contributed by atoms with E-state index in [2.05, 4.69) is 15.6 Å². The molecule has 0 fully saturated rings. The Morgan fingerprint density at radius 2 is 2.26 bits per heavy atom. The van der Waals surface area contributed by atoms with Crippen LogP contribution in [0.15, 0.2) is 24.3 Å². The number of thiazole rings is 1. The molecule has 1 heterocycles. The molecule has 2 rings (SSSR count). The van der Waals surface area contributed by atoms with E-state index in [0.717, 1.165) is 15.2 Å². The van der Waals surface area contributed by atoms with Gasteiger partial charge in [0.2, 0.25) is 0 Å². The first-order valence-corrected chi connectivity index (χ1v) is 7.04. The zero-order valence-electron chi connectivity index (χ0n) is 10.7. The van der Waals surface area contributed by atoms with E-state index in [0.29, 0.717) is 13.0 Å². The first kappa shape index (κ1) is 13.8. The molecule has 0 aliphatic heterocycles. The predicted molar refractivity (Wildman–Crippen MR) is 76.2 cm³/mol. The van der Waals surface area contributed by atoms with Gasteiger partial charge in [0, 0.05) is 0 Å². The molecule has 1 atom stereocenters.